The average Bonchev–Trinajstić information content (AvgIpc) is 3.34. The number of benzene rings is 2. The molecule has 2 amide bonds. The zero-order valence-electron chi connectivity index (χ0n) is 17.5. The number of hydrogen-bond donors (Lipinski definition) is 1. The molecule has 4 rings (SSSR count). The van der Waals surface area contributed by atoms with Crippen LogP contribution in [0, 0.1) is 6.92 Å². The first-order chi connectivity index (χ1) is 15.1. The number of rotatable bonds is 6. The van der Waals surface area contributed by atoms with Crippen molar-refractivity contribution >= 4 is 29.0 Å². The van der Waals surface area contributed by atoms with Crippen molar-refractivity contribution in [2.45, 2.75) is 51.1 Å². The van der Waals surface area contributed by atoms with E-state index in [1.165, 1.54) is 6.42 Å². The second kappa shape index (κ2) is 9.83. The Labute approximate surface area is 186 Å². The monoisotopic (exact) mass is 434 g/mol. The standard InChI is InChI=1S/C24H26N4O2S/c1-17-10-8-9-15-21(17)28(24(30)20-16-31-27-26-20)22(18-11-4-2-5-12-18)23(29)25-19-13-6-3-7-14-19/h2,4-5,8-12,15-16,19,22H,3,6-7,13-14H2,1H3,(H,25,29)/t22-/m0/s1. The van der Waals surface area contributed by atoms with Gasteiger partial charge < -0.3 is 5.32 Å². The molecule has 1 aliphatic rings. The lowest BCUT2D eigenvalue weighted by molar-refractivity contribution is -0.123. The van der Waals surface area contributed by atoms with Gasteiger partial charge in [0.05, 0.1) is 0 Å². The van der Waals surface area contributed by atoms with Gasteiger partial charge in [0.15, 0.2) is 5.69 Å². The van der Waals surface area contributed by atoms with Crippen LogP contribution in [-0.4, -0.2) is 27.4 Å². The van der Waals surface area contributed by atoms with Crippen LogP contribution in [0.5, 0.6) is 0 Å². The minimum atomic E-state index is -0.807. The van der Waals surface area contributed by atoms with Gasteiger partial charge >= 0.3 is 0 Å². The molecule has 6 nitrogen and oxygen atoms in total. The molecule has 1 aromatic heterocycles. The first kappa shape index (κ1) is 21.2. The Morgan fingerprint density at radius 2 is 1.74 bits per heavy atom. The van der Waals surface area contributed by atoms with E-state index in [9.17, 15) is 9.59 Å². The maximum Gasteiger partial charge on any atom is 0.280 e. The third-order valence-electron chi connectivity index (χ3n) is 5.75. The summed E-state index contributed by atoms with van der Waals surface area (Å²) in [5.41, 5.74) is 2.59. The van der Waals surface area contributed by atoms with Crippen molar-refractivity contribution in [3.05, 3.63) is 76.8 Å². The summed E-state index contributed by atoms with van der Waals surface area (Å²) in [4.78, 5) is 28.9. The van der Waals surface area contributed by atoms with Crippen molar-refractivity contribution in [1.29, 1.82) is 0 Å². The molecule has 1 fully saturated rings. The number of hydrogen-bond acceptors (Lipinski definition) is 5. The van der Waals surface area contributed by atoms with Crippen LogP contribution in [0.1, 0.15) is 59.8 Å². The van der Waals surface area contributed by atoms with Gasteiger partial charge in [-0.05, 0) is 48.5 Å². The molecule has 1 atom stereocenters. The van der Waals surface area contributed by atoms with Crippen LogP contribution < -0.4 is 10.2 Å². The maximum absolute atomic E-state index is 13.7. The normalized spacial score (nSPS) is 15.3. The lowest BCUT2D eigenvalue weighted by Crippen LogP contribution is -2.47. The summed E-state index contributed by atoms with van der Waals surface area (Å²) in [6.45, 7) is 1.94. The summed E-state index contributed by atoms with van der Waals surface area (Å²) in [5.74, 6) is -0.506. The number of nitrogens with one attached hydrogen (secondary N) is 1. The molecule has 0 bridgehead atoms. The fraction of sp³-hybridized carbons (Fsp3) is 0.333. The van der Waals surface area contributed by atoms with Gasteiger partial charge in [0.1, 0.15) is 6.04 Å². The highest BCUT2D eigenvalue weighted by Gasteiger charge is 2.36. The first-order valence-electron chi connectivity index (χ1n) is 10.7. The Balaban J connectivity index is 1.78. The predicted molar refractivity (Wildman–Crippen MR) is 122 cm³/mol. The summed E-state index contributed by atoms with van der Waals surface area (Å²) in [5, 5.41) is 8.83. The van der Waals surface area contributed by atoms with Crippen LogP contribution in [-0.2, 0) is 4.79 Å². The largest absolute Gasteiger partial charge is 0.351 e. The van der Waals surface area contributed by atoms with Gasteiger partial charge in [-0.1, -0.05) is 72.3 Å². The van der Waals surface area contributed by atoms with E-state index in [0.717, 1.165) is 48.3 Å². The fourth-order valence-electron chi connectivity index (χ4n) is 4.16. The Hall–Kier alpha value is -3.06. The van der Waals surface area contributed by atoms with Crippen LogP contribution in [0.25, 0.3) is 0 Å². The molecule has 31 heavy (non-hydrogen) atoms. The highest BCUT2D eigenvalue weighted by Crippen LogP contribution is 2.32. The van der Waals surface area contributed by atoms with E-state index in [4.69, 9.17) is 0 Å². The summed E-state index contributed by atoms with van der Waals surface area (Å²) in [6, 6.07) is 16.4. The van der Waals surface area contributed by atoms with Gasteiger partial charge in [0, 0.05) is 17.1 Å². The topological polar surface area (TPSA) is 75.2 Å². The zero-order chi connectivity index (χ0) is 21.6. The molecule has 1 aliphatic carbocycles. The van der Waals surface area contributed by atoms with Crippen LogP contribution in [0.4, 0.5) is 5.69 Å². The number of carbonyl (C=O) groups excluding carboxylic acids is 2. The third-order valence-corrected chi connectivity index (χ3v) is 6.25. The molecule has 0 saturated heterocycles. The van der Waals surface area contributed by atoms with Crippen molar-refractivity contribution in [3.8, 4) is 0 Å². The van der Waals surface area contributed by atoms with E-state index in [0.29, 0.717) is 5.69 Å². The van der Waals surface area contributed by atoms with Gasteiger partial charge in [-0.2, -0.15) is 0 Å². The molecular weight excluding hydrogens is 408 g/mol. The minimum absolute atomic E-state index is 0.141. The molecule has 0 aliphatic heterocycles. The van der Waals surface area contributed by atoms with Crippen molar-refractivity contribution in [3.63, 3.8) is 0 Å². The molecule has 0 spiro atoms. The SMILES string of the molecule is Cc1ccccc1N(C(=O)c1csnn1)[C@H](C(=O)NC1CCCCC1)c1ccccc1. The molecule has 1 N–H and O–H groups in total. The van der Waals surface area contributed by atoms with Crippen molar-refractivity contribution in [2.24, 2.45) is 0 Å². The molecule has 3 aromatic rings. The fourth-order valence-corrected chi connectivity index (χ4v) is 4.59. The number of amides is 2. The Morgan fingerprint density at radius 1 is 1.03 bits per heavy atom. The van der Waals surface area contributed by atoms with Crippen molar-refractivity contribution < 1.29 is 9.59 Å². The lowest BCUT2D eigenvalue weighted by Gasteiger charge is -2.33. The van der Waals surface area contributed by atoms with Gasteiger partial charge in [-0.25, -0.2) is 0 Å². The van der Waals surface area contributed by atoms with Gasteiger partial charge in [-0.3, -0.25) is 14.5 Å². The lowest BCUT2D eigenvalue weighted by atomic mass is 9.94. The van der Waals surface area contributed by atoms with Crippen molar-refractivity contribution in [2.75, 3.05) is 4.90 Å². The molecule has 0 radical (unpaired) electrons. The third kappa shape index (κ3) is 4.82. The molecule has 160 valence electrons. The first-order valence-corrected chi connectivity index (χ1v) is 11.5. The second-order valence-corrected chi connectivity index (χ2v) is 8.52. The summed E-state index contributed by atoms with van der Waals surface area (Å²) in [6.07, 6.45) is 5.39. The molecule has 7 heteroatoms. The Kier molecular flexibility index (Phi) is 6.72. The van der Waals surface area contributed by atoms with Gasteiger partial charge in [0.2, 0.25) is 5.91 Å². The van der Waals surface area contributed by atoms with E-state index >= 15 is 0 Å². The van der Waals surface area contributed by atoms with E-state index < -0.39 is 6.04 Å². The van der Waals surface area contributed by atoms with E-state index in [1.807, 2.05) is 61.5 Å². The summed E-state index contributed by atoms with van der Waals surface area (Å²) < 4.78 is 3.86. The Morgan fingerprint density at radius 3 is 2.42 bits per heavy atom. The number of aromatic nitrogens is 2. The number of nitrogens with zero attached hydrogens (tertiary/aromatic N) is 3. The zero-order valence-corrected chi connectivity index (χ0v) is 18.3. The van der Waals surface area contributed by atoms with Crippen LogP contribution >= 0.6 is 11.5 Å². The minimum Gasteiger partial charge on any atom is -0.351 e. The predicted octanol–water partition coefficient (Wildman–Crippen LogP) is 4.68. The van der Waals surface area contributed by atoms with Crippen LogP contribution in [0.15, 0.2) is 60.0 Å². The Bertz CT molecular complexity index is 1020. The number of carbonyl (C=O) groups is 2. The smallest absolute Gasteiger partial charge is 0.280 e. The summed E-state index contributed by atoms with van der Waals surface area (Å²) in [7, 11) is 0. The average molecular weight is 435 g/mol. The molecule has 1 heterocycles. The highest BCUT2D eigenvalue weighted by molar-refractivity contribution is 7.03. The number of para-hydroxylation sites is 1. The summed E-state index contributed by atoms with van der Waals surface area (Å²) >= 11 is 1.12. The number of anilines is 1. The van der Waals surface area contributed by atoms with E-state index in [1.54, 1.807) is 10.3 Å². The van der Waals surface area contributed by atoms with Gasteiger partial charge in [0.25, 0.3) is 5.91 Å². The van der Waals surface area contributed by atoms with Gasteiger partial charge in [-0.15, -0.1) is 5.10 Å². The van der Waals surface area contributed by atoms with Crippen molar-refractivity contribution in [1.82, 2.24) is 14.9 Å². The van der Waals surface area contributed by atoms with Crippen LogP contribution in [0.2, 0.25) is 0 Å². The van der Waals surface area contributed by atoms with E-state index in [-0.39, 0.29) is 23.6 Å². The number of aryl methyl sites for hydroxylation is 1. The highest BCUT2D eigenvalue weighted by atomic mass is 32.1. The van der Waals surface area contributed by atoms with Crippen LogP contribution in [0.3, 0.4) is 0 Å². The molecular formula is C24H26N4O2S. The molecule has 0 unspecified atom stereocenters. The maximum atomic E-state index is 13.7. The molecule has 1 saturated carbocycles. The quantitative estimate of drug-likeness (QED) is 0.611. The molecule has 2 aromatic carbocycles. The van der Waals surface area contributed by atoms with E-state index in [2.05, 4.69) is 14.9 Å². The second-order valence-electron chi connectivity index (χ2n) is 7.91.